The van der Waals surface area contributed by atoms with Gasteiger partial charge in [-0.2, -0.15) is 5.26 Å². The lowest BCUT2D eigenvalue weighted by molar-refractivity contribution is -0.122. The largest absolute Gasteiger partial charge is 0.489 e. The van der Waals surface area contributed by atoms with Crippen molar-refractivity contribution < 1.29 is 14.3 Å². The van der Waals surface area contributed by atoms with Gasteiger partial charge < -0.3 is 15.4 Å². The molecule has 0 radical (unpaired) electrons. The average Bonchev–Trinajstić information content (AvgIpc) is 3.45. The van der Waals surface area contributed by atoms with Crippen molar-refractivity contribution in [2.24, 2.45) is 11.8 Å². The minimum Gasteiger partial charge on any atom is -0.489 e. The fourth-order valence-electron chi connectivity index (χ4n) is 2.79. The van der Waals surface area contributed by atoms with E-state index < -0.39 is 0 Å². The highest BCUT2D eigenvalue weighted by molar-refractivity contribution is 6.03. The van der Waals surface area contributed by atoms with E-state index in [0.29, 0.717) is 29.1 Å². The molecule has 0 saturated heterocycles. The number of nitrogens with zero attached hydrogens (tertiary/aromatic N) is 1. The summed E-state index contributed by atoms with van der Waals surface area (Å²) in [5.74, 6) is -0.462. The molecule has 6 nitrogen and oxygen atoms in total. The van der Waals surface area contributed by atoms with E-state index in [-0.39, 0.29) is 29.8 Å². The molecule has 138 valence electrons. The Kier molecular flexibility index (Phi) is 5.41. The number of nitrogens with one attached hydrogen (secondary N) is 2. The first kappa shape index (κ1) is 18.5. The molecule has 1 aliphatic rings. The zero-order chi connectivity index (χ0) is 19.4. The monoisotopic (exact) mass is 363 g/mol. The maximum absolute atomic E-state index is 12.5. The highest BCUT2D eigenvalue weighted by Crippen LogP contribution is 2.41. The summed E-state index contributed by atoms with van der Waals surface area (Å²) in [4.78, 5) is 24.8. The van der Waals surface area contributed by atoms with E-state index in [1.807, 2.05) is 32.0 Å². The van der Waals surface area contributed by atoms with Crippen molar-refractivity contribution in [2.45, 2.75) is 26.4 Å². The summed E-state index contributed by atoms with van der Waals surface area (Å²) < 4.78 is 5.70. The number of ether oxygens (including phenoxy) is 1. The topological polar surface area (TPSA) is 91.2 Å². The number of hydrogen-bond acceptors (Lipinski definition) is 4. The Bertz CT molecular complexity index is 884. The van der Waals surface area contributed by atoms with Crippen LogP contribution in [0.3, 0.4) is 0 Å². The molecule has 6 heteroatoms. The second kappa shape index (κ2) is 7.92. The molecule has 2 unspecified atom stereocenters. The molecule has 0 aliphatic heterocycles. The lowest BCUT2D eigenvalue weighted by atomic mass is 10.2. The van der Waals surface area contributed by atoms with Gasteiger partial charge in [-0.15, -0.1) is 0 Å². The molecule has 3 rings (SSSR count). The Balaban J connectivity index is 1.57. The molecule has 27 heavy (non-hydrogen) atoms. The third-order valence-electron chi connectivity index (χ3n) is 4.25. The van der Waals surface area contributed by atoms with E-state index in [9.17, 15) is 9.59 Å². The zero-order valence-electron chi connectivity index (χ0n) is 15.2. The number of rotatable bonds is 6. The Hall–Kier alpha value is -3.33. The van der Waals surface area contributed by atoms with Crippen LogP contribution in [0.4, 0.5) is 11.4 Å². The quantitative estimate of drug-likeness (QED) is 0.821. The fourth-order valence-corrected chi connectivity index (χ4v) is 2.79. The Morgan fingerprint density at radius 2 is 1.67 bits per heavy atom. The van der Waals surface area contributed by atoms with Crippen LogP contribution in [0.25, 0.3) is 0 Å². The van der Waals surface area contributed by atoms with E-state index >= 15 is 0 Å². The van der Waals surface area contributed by atoms with Gasteiger partial charge in [-0.3, -0.25) is 9.59 Å². The summed E-state index contributed by atoms with van der Waals surface area (Å²) in [5.41, 5.74) is 1.74. The molecule has 0 bridgehead atoms. The molecule has 0 heterocycles. The molecule has 1 fully saturated rings. The summed E-state index contributed by atoms with van der Waals surface area (Å²) in [5, 5.41) is 14.5. The van der Waals surface area contributed by atoms with Gasteiger partial charge in [-0.1, -0.05) is 12.1 Å². The standard InChI is InChI=1S/C21H21N3O3/c1-13(2)27-19-6-4-3-5-18(19)24-21(26)17-11-16(17)20(25)23-15-9-7-14(12-22)8-10-15/h3-10,13,16-17H,11H2,1-2H3,(H,23,25)(H,24,26). The minimum atomic E-state index is -0.351. The van der Waals surface area contributed by atoms with E-state index in [2.05, 4.69) is 10.6 Å². The highest BCUT2D eigenvalue weighted by Gasteiger charge is 2.48. The number of carbonyl (C=O) groups is 2. The fraction of sp³-hybridized carbons (Fsp3) is 0.286. The van der Waals surface area contributed by atoms with Crippen LogP contribution in [0.1, 0.15) is 25.8 Å². The van der Waals surface area contributed by atoms with Gasteiger partial charge >= 0.3 is 0 Å². The Labute approximate surface area is 158 Å². The third-order valence-corrected chi connectivity index (χ3v) is 4.25. The van der Waals surface area contributed by atoms with Crippen molar-refractivity contribution in [3.05, 3.63) is 54.1 Å². The predicted octanol–water partition coefficient (Wildman–Crippen LogP) is 3.56. The Morgan fingerprint density at radius 3 is 2.30 bits per heavy atom. The van der Waals surface area contributed by atoms with Crippen LogP contribution >= 0.6 is 0 Å². The summed E-state index contributed by atoms with van der Waals surface area (Å²) >= 11 is 0. The lowest BCUT2D eigenvalue weighted by Gasteiger charge is -2.14. The molecule has 0 aromatic heterocycles. The van der Waals surface area contributed by atoms with E-state index in [1.54, 1.807) is 36.4 Å². The maximum Gasteiger partial charge on any atom is 0.228 e. The molecule has 1 aliphatic carbocycles. The van der Waals surface area contributed by atoms with Crippen LogP contribution in [-0.2, 0) is 9.59 Å². The van der Waals surface area contributed by atoms with Gasteiger partial charge in [0.15, 0.2) is 0 Å². The van der Waals surface area contributed by atoms with Gasteiger partial charge in [0.25, 0.3) is 0 Å². The second-order valence-corrected chi connectivity index (χ2v) is 6.78. The smallest absolute Gasteiger partial charge is 0.228 e. The van der Waals surface area contributed by atoms with E-state index in [0.717, 1.165) is 0 Å². The summed E-state index contributed by atoms with van der Waals surface area (Å²) in [6.07, 6.45) is 0.510. The van der Waals surface area contributed by atoms with Crippen molar-refractivity contribution in [2.75, 3.05) is 10.6 Å². The molecule has 2 N–H and O–H groups in total. The zero-order valence-corrected chi connectivity index (χ0v) is 15.2. The van der Waals surface area contributed by atoms with Gasteiger partial charge in [0.2, 0.25) is 11.8 Å². The van der Waals surface area contributed by atoms with E-state index in [1.165, 1.54) is 0 Å². The molecule has 2 atom stereocenters. The number of hydrogen-bond donors (Lipinski definition) is 2. The number of para-hydroxylation sites is 2. The molecule has 1 saturated carbocycles. The van der Waals surface area contributed by atoms with Gasteiger partial charge in [-0.25, -0.2) is 0 Å². The summed E-state index contributed by atoms with van der Waals surface area (Å²) in [7, 11) is 0. The van der Waals surface area contributed by atoms with Crippen LogP contribution in [0.2, 0.25) is 0 Å². The molecule has 0 spiro atoms. The normalized spacial score (nSPS) is 17.7. The van der Waals surface area contributed by atoms with Gasteiger partial charge in [0.1, 0.15) is 5.75 Å². The molecular weight excluding hydrogens is 342 g/mol. The van der Waals surface area contributed by atoms with Gasteiger partial charge in [0.05, 0.1) is 35.3 Å². The average molecular weight is 363 g/mol. The third kappa shape index (κ3) is 4.64. The minimum absolute atomic E-state index is 0.00470. The van der Waals surface area contributed by atoms with Crippen LogP contribution < -0.4 is 15.4 Å². The SMILES string of the molecule is CC(C)Oc1ccccc1NC(=O)C1CC1C(=O)Nc1ccc(C#N)cc1. The van der Waals surface area contributed by atoms with Crippen LogP contribution in [0, 0.1) is 23.2 Å². The molecular formula is C21H21N3O3. The van der Waals surface area contributed by atoms with Crippen LogP contribution in [-0.4, -0.2) is 17.9 Å². The maximum atomic E-state index is 12.5. The lowest BCUT2D eigenvalue weighted by Crippen LogP contribution is -2.21. The number of benzene rings is 2. The van der Waals surface area contributed by atoms with Crippen molar-refractivity contribution >= 4 is 23.2 Å². The molecule has 2 amide bonds. The first-order valence-corrected chi connectivity index (χ1v) is 8.85. The van der Waals surface area contributed by atoms with Crippen molar-refractivity contribution in [3.63, 3.8) is 0 Å². The molecule has 2 aromatic carbocycles. The highest BCUT2D eigenvalue weighted by atomic mass is 16.5. The van der Waals surface area contributed by atoms with Crippen molar-refractivity contribution in [1.82, 2.24) is 0 Å². The van der Waals surface area contributed by atoms with Gasteiger partial charge in [-0.05, 0) is 56.7 Å². The number of amides is 2. The van der Waals surface area contributed by atoms with Gasteiger partial charge in [0, 0.05) is 5.69 Å². The van der Waals surface area contributed by atoms with Crippen LogP contribution in [0.15, 0.2) is 48.5 Å². The second-order valence-electron chi connectivity index (χ2n) is 6.78. The number of anilines is 2. The first-order chi connectivity index (χ1) is 13.0. The number of carbonyl (C=O) groups excluding carboxylic acids is 2. The summed E-state index contributed by atoms with van der Waals surface area (Å²) in [6.45, 7) is 3.84. The first-order valence-electron chi connectivity index (χ1n) is 8.85. The van der Waals surface area contributed by atoms with E-state index in [4.69, 9.17) is 10.00 Å². The molecule has 2 aromatic rings. The van der Waals surface area contributed by atoms with Crippen molar-refractivity contribution in [3.8, 4) is 11.8 Å². The van der Waals surface area contributed by atoms with Crippen molar-refractivity contribution in [1.29, 1.82) is 5.26 Å². The van der Waals surface area contributed by atoms with Crippen LogP contribution in [0.5, 0.6) is 5.75 Å². The predicted molar refractivity (Wildman–Crippen MR) is 102 cm³/mol. The number of nitriles is 1. The summed E-state index contributed by atoms with van der Waals surface area (Å²) in [6, 6.07) is 15.9. The Morgan fingerprint density at radius 1 is 1.04 bits per heavy atom.